The van der Waals surface area contributed by atoms with Crippen LogP contribution >= 0.6 is 0 Å². The molecule has 2 heteroatoms. The molecule has 0 aromatic rings. The molecule has 0 aromatic carbocycles. The first-order valence-corrected chi connectivity index (χ1v) is 6.39. The van der Waals surface area contributed by atoms with Crippen LogP contribution in [-0.2, 0) is 9.53 Å². The second-order valence-corrected chi connectivity index (χ2v) is 7.04. The molecule has 17 heavy (non-hydrogen) atoms. The normalized spacial score (nSPS) is 15.0. The van der Waals surface area contributed by atoms with Crippen LogP contribution in [0.4, 0.5) is 0 Å². The Bertz CT molecular complexity index is 264. The molecule has 0 fully saturated rings. The lowest BCUT2D eigenvalue weighted by Gasteiger charge is -2.22. The van der Waals surface area contributed by atoms with E-state index in [-0.39, 0.29) is 5.97 Å². The summed E-state index contributed by atoms with van der Waals surface area (Å²) in [5.41, 5.74) is -0.0579. The Morgan fingerprint density at radius 1 is 1.18 bits per heavy atom. The van der Waals surface area contributed by atoms with E-state index >= 15 is 0 Å². The first-order chi connectivity index (χ1) is 7.49. The maximum Gasteiger partial charge on any atom is 0.330 e. The summed E-state index contributed by atoms with van der Waals surface area (Å²) in [6, 6.07) is 0. The van der Waals surface area contributed by atoms with Crippen molar-refractivity contribution in [2.45, 2.75) is 66.9 Å². The van der Waals surface area contributed by atoms with Crippen LogP contribution in [-0.4, -0.2) is 11.6 Å². The number of hydrogen-bond acceptors (Lipinski definition) is 2. The second kappa shape index (κ2) is 6.23. The Balaban J connectivity index is 3.99. The topological polar surface area (TPSA) is 26.3 Å². The zero-order valence-electron chi connectivity index (χ0n) is 12.5. The SMILES string of the molecule is CC(C/C=C\C(=O)OC(C)(C)C)CC(C)(C)C. The fraction of sp³-hybridized carbons (Fsp3) is 0.800. The molecule has 0 radical (unpaired) electrons. The van der Waals surface area contributed by atoms with Crippen LogP contribution in [0, 0.1) is 11.3 Å². The maximum atomic E-state index is 11.4. The van der Waals surface area contributed by atoms with Gasteiger partial charge in [0.2, 0.25) is 0 Å². The number of carbonyl (C=O) groups is 1. The molecule has 2 nitrogen and oxygen atoms in total. The average Bonchev–Trinajstić information content (AvgIpc) is 1.95. The Kier molecular flexibility index (Phi) is 5.94. The van der Waals surface area contributed by atoms with Gasteiger partial charge in [0.05, 0.1) is 0 Å². The zero-order valence-corrected chi connectivity index (χ0v) is 12.5. The molecular weight excluding hydrogens is 212 g/mol. The molecule has 1 unspecified atom stereocenters. The third kappa shape index (κ3) is 11.5. The number of esters is 1. The van der Waals surface area contributed by atoms with Gasteiger partial charge in [-0.15, -0.1) is 0 Å². The van der Waals surface area contributed by atoms with Crippen molar-refractivity contribution in [1.82, 2.24) is 0 Å². The van der Waals surface area contributed by atoms with Crippen molar-refractivity contribution in [2.24, 2.45) is 11.3 Å². The van der Waals surface area contributed by atoms with Crippen LogP contribution in [0.5, 0.6) is 0 Å². The molecule has 1 atom stereocenters. The minimum Gasteiger partial charge on any atom is -0.457 e. The summed E-state index contributed by atoms with van der Waals surface area (Å²) in [4.78, 5) is 11.4. The van der Waals surface area contributed by atoms with Crippen molar-refractivity contribution in [3.63, 3.8) is 0 Å². The van der Waals surface area contributed by atoms with Gasteiger partial charge in [0.1, 0.15) is 5.60 Å². The number of allylic oxidation sites excluding steroid dienone is 1. The molecule has 0 N–H and O–H groups in total. The van der Waals surface area contributed by atoms with E-state index in [4.69, 9.17) is 4.74 Å². The van der Waals surface area contributed by atoms with Crippen LogP contribution in [0.25, 0.3) is 0 Å². The van der Waals surface area contributed by atoms with E-state index in [1.165, 1.54) is 0 Å². The van der Waals surface area contributed by atoms with Crippen LogP contribution in [0.15, 0.2) is 12.2 Å². The Labute approximate surface area is 106 Å². The number of hydrogen-bond donors (Lipinski definition) is 0. The van der Waals surface area contributed by atoms with E-state index < -0.39 is 5.60 Å². The average molecular weight is 240 g/mol. The first-order valence-electron chi connectivity index (χ1n) is 6.39. The highest BCUT2D eigenvalue weighted by molar-refractivity contribution is 5.82. The monoisotopic (exact) mass is 240 g/mol. The Morgan fingerprint density at radius 3 is 2.12 bits per heavy atom. The molecule has 0 aliphatic rings. The highest BCUT2D eigenvalue weighted by atomic mass is 16.6. The van der Waals surface area contributed by atoms with E-state index in [1.807, 2.05) is 26.8 Å². The maximum absolute atomic E-state index is 11.4. The number of carbonyl (C=O) groups excluding carboxylic acids is 1. The first kappa shape index (κ1) is 16.2. The van der Waals surface area contributed by atoms with Crippen LogP contribution in [0.1, 0.15) is 61.3 Å². The molecule has 0 saturated carbocycles. The molecule has 0 aliphatic heterocycles. The van der Waals surface area contributed by atoms with E-state index in [2.05, 4.69) is 27.7 Å². The fourth-order valence-electron chi connectivity index (χ4n) is 1.86. The van der Waals surface area contributed by atoms with Crippen LogP contribution < -0.4 is 0 Å². The summed E-state index contributed by atoms with van der Waals surface area (Å²) in [6.45, 7) is 14.6. The van der Waals surface area contributed by atoms with E-state index in [9.17, 15) is 4.79 Å². The third-order valence-electron chi connectivity index (χ3n) is 2.16. The van der Waals surface area contributed by atoms with Gasteiger partial charge in [-0.3, -0.25) is 0 Å². The quantitative estimate of drug-likeness (QED) is 0.539. The lowest BCUT2D eigenvalue weighted by atomic mass is 9.84. The molecule has 0 aliphatic carbocycles. The summed E-state index contributed by atoms with van der Waals surface area (Å²) in [5, 5.41) is 0. The van der Waals surface area contributed by atoms with E-state index in [0.29, 0.717) is 11.3 Å². The summed E-state index contributed by atoms with van der Waals surface area (Å²) in [5.74, 6) is 0.342. The van der Waals surface area contributed by atoms with Gasteiger partial charge >= 0.3 is 5.97 Å². The largest absolute Gasteiger partial charge is 0.457 e. The predicted molar refractivity (Wildman–Crippen MR) is 72.8 cm³/mol. The number of ether oxygens (including phenoxy) is 1. The van der Waals surface area contributed by atoms with E-state index in [1.54, 1.807) is 6.08 Å². The standard InChI is InChI=1S/C15H28O2/c1-12(11-14(2,3)4)9-8-10-13(16)17-15(5,6)7/h8,10,12H,9,11H2,1-7H3/b10-8-. The molecule has 0 heterocycles. The van der Waals surface area contributed by atoms with Gasteiger partial charge in [-0.25, -0.2) is 4.79 Å². The predicted octanol–water partition coefficient (Wildman–Crippen LogP) is 4.35. The van der Waals surface area contributed by atoms with Gasteiger partial charge in [-0.1, -0.05) is 33.8 Å². The van der Waals surface area contributed by atoms with Crippen molar-refractivity contribution < 1.29 is 9.53 Å². The highest BCUT2D eigenvalue weighted by Crippen LogP contribution is 2.26. The molecule has 0 rings (SSSR count). The van der Waals surface area contributed by atoms with Gasteiger partial charge in [0.25, 0.3) is 0 Å². The van der Waals surface area contributed by atoms with Crippen LogP contribution in [0.2, 0.25) is 0 Å². The zero-order chi connectivity index (χ0) is 13.7. The summed E-state index contributed by atoms with van der Waals surface area (Å²) < 4.78 is 5.19. The van der Waals surface area contributed by atoms with Gasteiger partial charge in [0, 0.05) is 6.08 Å². The molecular formula is C15H28O2. The molecule has 0 saturated heterocycles. The Morgan fingerprint density at radius 2 is 1.71 bits per heavy atom. The lowest BCUT2D eigenvalue weighted by Crippen LogP contribution is -2.22. The summed E-state index contributed by atoms with van der Waals surface area (Å²) in [6.07, 6.45) is 5.55. The summed E-state index contributed by atoms with van der Waals surface area (Å²) >= 11 is 0. The van der Waals surface area contributed by atoms with Crippen molar-refractivity contribution in [1.29, 1.82) is 0 Å². The van der Waals surface area contributed by atoms with Crippen LogP contribution in [0.3, 0.4) is 0 Å². The highest BCUT2D eigenvalue weighted by Gasteiger charge is 2.15. The van der Waals surface area contributed by atoms with Crippen molar-refractivity contribution in [3.05, 3.63) is 12.2 Å². The molecule has 0 bridgehead atoms. The van der Waals surface area contributed by atoms with Gasteiger partial charge < -0.3 is 4.74 Å². The minimum absolute atomic E-state index is 0.250. The van der Waals surface area contributed by atoms with Gasteiger partial charge in [0.15, 0.2) is 0 Å². The van der Waals surface area contributed by atoms with Crippen molar-refractivity contribution in [2.75, 3.05) is 0 Å². The second-order valence-electron chi connectivity index (χ2n) is 7.04. The molecule has 0 aromatic heterocycles. The van der Waals surface area contributed by atoms with Crippen molar-refractivity contribution >= 4 is 5.97 Å². The fourth-order valence-corrected chi connectivity index (χ4v) is 1.86. The lowest BCUT2D eigenvalue weighted by molar-refractivity contribution is -0.148. The Hall–Kier alpha value is -0.790. The van der Waals surface area contributed by atoms with Crippen molar-refractivity contribution in [3.8, 4) is 0 Å². The van der Waals surface area contributed by atoms with Gasteiger partial charge in [-0.2, -0.15) is 0 Å². The minimum atomic E-state index is -0.404. The summed E-state index contributed by atoms with van der Waals surface area (Å²) in [7, 11) is 0. The van der Waals surface area contributed by atoms with E-state index in [0.717, 1.165) is 12.8 Å². The number of rotatable bonds is 4. The molecule has 0 amide bonds. The molecule has 100 valence electrons. The van der Waals surface area contributed by atoms with Gasteiger partial charge in [-0.05, 0) is 44.9 Å². The molecule has 0 spiro atoms. The third-order valence-corrected chi connectivity index (χ3v) is 2.16. The smallest absolute Gasteiger partial charge is 0.330 e.